The first-order chi connectivity index (χ1) is 15.0. The molecular formula is C24H17N3O4. The fourth-order valence-corrected chi connectivity index (χ4v) is 3.81. The molecule has 4 amide bonds. The fraction of sp³-hybridized carbons (Fsp3) is 0.0833. The Morgan fingerprint density at radius 1 is 0.839 bits per heavy atom. The normalized spacial score (nSPS) is 14.8. The quantitative estimate of drug-likeness (QED) is 0.367. The summed E-state index contributed by atoms with van der Waals surface area (Å²) in [5.74, 6) is -0.654. The number of amides is 4. The van der Waals surface area contributed by atoms with E-state index in [0.717, 1.165) is 31.5 Å². The zero-order valence-electron chi connectivity index (χ0n) is 16.8. The van der Waals surface area contributed by atoms with Gasteiger partial charge in [0.25, 0.3) is 11.8 Å². The number of aromatic nitrogens is 1. The predicted octanol–water partition coefficient (Wildman–Crippen LogP) is 4.08. The van der Waals surface area contributed by atoms with E-state index in [2.05, 4.69) is 5.16 Å². The summed E-state index contributed by atoms with van der Waals surface area (Å²) in [5, 5.41) is 7.04. The molecule has 0 spiro atoms. The highest BCUT2D eigenvalue weighted by Crippen LogP contribution is 2.34. The van der Waals surface area contributed by atoms with Gasteiger partial charge in [-0.05, 0) is 34.5 Å². The molecule has 7 heteroatoms. The second-order valence-electron chi connectivity index (χ2n) is 7.38. The maximum atomic E-state index is 12.5. The number of hydrogen-bond acceptors (Lipinski definition) is 5. The number of benzene rings is 3. The molecule has 3 aromatic carbocycles. The number of carbonyl (C=O) groups is 3. The molecule has 1 fully saturated rings. The molecule has 0 saturated carbocycles. The van der Waals surface area contributed by atoms with Gasteiger partial charge >= 0.3 is 6.03 Å². The molecule has 2 heterocycles. The van der Waals surface area contributed by atoms with Gasteiger partial charge < -0.3 is 4.52 Å². The second-order valence-corrected chi connectivity index (χ2v) is 7.38. The van der Waals surface area contributed by atoms with Crippen molar-refractivity contribution in [3.05, 3.63) is 71.8 Å². The van der Waals surface area contributed by atoms with Crippen molar-refractivity contribution in [2.75, 3.05) is 14.1 Å². The first-order valence-electron chi connectivity index (χ1n) is 9.65. The lowest BCUT2D eigenvalue weighted by Crippen LogP contribution is -2.52. The first-order valence-corrected chi connectivity index (χ1v) is 9.65. The van der Waals surface area contributed by atoms with E-state index >= 15 is 0 Å². The molecule has 0 aliphatic carbocycles. The van der Waals surface area contributed by atoms with Gasteiger partial charge in [0.1, 0.15) is 11.1 Å². The number of likely N-dealkylation sites (N-methyl/N-ethyl adjacent to an activating group) is 2. The Morgan fingerprint density at radius 3 is 2.32 bits per heavy atom. The van der Waals surface area contributed by atoms with Crippen LogP contribution in [0.2, 0.25) is 0 Å². The van der Waals surface area contributed by atoms with Gasteiger partial charge in [-0.25, -0.2) is 4.79 Å². The van der Waals surface area contributed by atoms with Crippen LogP contribution in [0.5, 0.6) is 0 Å². The number of barbiturate groups is 1. The third kappa shape index (κ3) is 2.90. The average molecular weight is 411 g/mol. The van der Waals surface area contributed by atoms with Crippen LogP contribution in [-0.4, -0.2) is 46.9 Å². The van der Waals surface area contributed by atoms with Crippen molar-refractivity contribution in [3.63, 3.8) is 0 Å². The monoisotopic (exact) mass is 411 g/mol. The Kier molecular flexibility index (Phi) is 4.18. The Balaban J connectivity index is 1.65. The van der Waals surface area contributed by atoms with Gasteiger partial charge in [-0.15, -0.1) is 0 Å². The first kappa shape index (κ1) is 18.7. The minimum atomic E-state index is -0.653. The molecular weight excluding hydrogens is 394 g/mol. The number of nitrogens with zero attached hydrogens (tertiary/aromatic N) is 3. The van der Waals surface area contributed by atoms with Gasteiger partial charge in [-0.3, -0.25) is 19.4 Å². The molecule has 152 valence electrons. The molecule has 0 bridgehead atoms. The number of urea groups is 1. The van der Waals surface area contributed by atoms with E-state index in [9.17, 15) is 14.4 Å². The van der Waals surface area contributed by atoms with Crippen molar-refractivity contribution in [2.24, 2.45) is 0 Å². The molecule has 31 heavy (non-hydrogen) atoms. The lowest BCUT2D eigenvalue weighted by Gasteiger charge is -2.28. The van der Waals surface area contributed by atoms with Crippen LogP contribution >= 0.6 is 0 Å². The molecule has 1 aromatic heterocycles. The topological polar surface area (TPSA) is 83.7 Å². The zero-order valence-corrected chi connectivity index (χ0v) is 16.8. The lowest BCUT2D eigenvalue weighted by molar-refractivity contribution is -0.134. The maximum Gasteiger partial charge on any atom is 0.333 e. The van der Waals surface area contributed by atoms with E-state index in [-0.39, 0.29) is 5.57 Å². The van der Waals surface area contributed by atoms with E-state index in [1.807, 2.05) is 48.5 Å². The summed E-state index contributed by atoms with van der Waals surface area (Å²) in [6.45, 7) is 0. The van der Waals surface area contributed by atoms with Gasteiger partial charge in [-0.2, -0.15) is 0 Å². The van der Waals surface area contributed by atoms with Gasteiger partial charge in [0.05, 0.1) is 5.39 Å². The largest absolute Gasteiger partial charge is 0.355 e. The Labute approximate surface area is 177 Å². The summed E-state index contributed by atoms with van der Waals surface area (Å²) in [6, 6.07) is 18.7. The van der Waals surface area contributed by atoms with Crippen LogP contribution in [0.3, 0.4) is 0 Å². The highest BCUT2D eigenvalue weighted by atomic mass is 16.5. The van der Waals surface area contributed by atoms with E-state index in [0.29, 0.717) is 16.8 Å². The van der Waals surface area contributed by atoms with Crippen LogP contribution in [-0.2, 0) is 9.59 Å². The fourth-order valence-electron chi connectivity index (χ4n) is 3.81. The molecule has 5 rings (SSSR count). The molecule has 1 aliphatic rings. The summed E-state index contributed by atoms with van der Waals surface area (Å²) < 4.78 is 5.68. The minimum absolute atomic E-state index is 0.0767. The van der Waals surface area contributed by atoms with Crippen LogP contribution in [0.4, 0.5) is 4.79 Å². The second kappa shape index (κ2) is 6.91. The minimum Gasteiger partial charge on any atom is -0.355 e. The number of carbonyl (C=O) groups excluding carboxylic acids is 3. The van der Waals surface area contributed by atoms with Gasteiger partial charge in [0.15, 0.2) is 5.76 Å². The van der Waals surface area contributed by atoms with Crippen LogP contribution in [0.1, 0.15) is 5.56 Å². The third-order valence-electron chi connectivity index (χ3n) is 5.49. The summed E-state index contributed by atoms with van der Waals surface area (Å²) >= 11 is 0. The zero-order chi connectivity index (χ0) is 21.7. The number of imide groups is 2. The number of rotatable bonds is 2. The van der Waals surface area contributed by atoms with Crippen LogP contribution in [0.15, 0.2) is 70.8 Å². The molecule has 4 aromatic rings. The molecule has 0 atom stereocenters. The van der Waals surface area contributed by atoms with Crippen LogP contribution in [0, 0.1) is 0 Å². The molecule has 1 aliphatic heterocycles. The standard InChI is InChI=1S/C24H17N3O4/c1-26-22(28)19(23(29)27(2)24(26)30)13-14-10-11-20-18(12-14)21(31-25-20)17-9-5-7-15-6-3-4-8-16(15)17/h3-13H,1-2H3. The highest BCUT2D eigenvalue weighted by Gasteiger charge is 2.37. The molecule has 1 saturated heterocycles. The summed E-state index contributed by atoms with van der Waals surface area (Å²) in [6.07, 6.45) is 1.49. The number of hydrogen-bond donors (Lipinski definition) is 0. The van der Waals surface area contributed by atoms with Crippen molar-refractivity contribution in [1.29, 1.82) is 0 Å². The summed E-state index contributed by atoms with van der Waals surface area (Å²) in [7, 11) is 2.70. The van der Waals surface area contributed by atoms with Gasteiger partial charge in [0, 0.05) is 19.7 Å². The Morgan fingerprint density at radius 2 is 1.55 bits per heavy atom. The lowest BCUT2D eigenvalue weighted by atomic mass is 9.99. The van der Waals surface area contributed by atoms with Crippen molar-refractivity contribution >= 4 is 45.6 Å². The van der Waals surface area contributed by atoms with E-state index in [4.69, 9.17) is 4.52 Å². The third-order valence-corrected chi connectivity index (χ3v) is 5.49. The van der Waals surface area contributed by atoms with Crippen LogP contribution < -0.4 is 0 Å². The Bertz CT molecular complexity index is 1400. The molecule has 0 N–H and O–H groups in total. The SMILES string of the molecule is CN1C(=O)C(=Cc2ccc3noc(-c4cccc5ccccc45)c3c2)C(=O)N(C)C1=O. The van der Waals surface area contributed by atoms with Gasteiger partial charge in [0.2, 0.25) is 0 Å². The smallest absolute Gasteiger partial charge is 0.333 e. The molecule has 7 nitrogen and oxygen atoms in total. The Hall–Kier alpha value is -4.26. The van der Waals surface area contributed by atoms with Crippen LogP contribution in [0.25, 0.3) is 39.1 Å². The van der Waals surface area contributed by atoms with Crippen molar-refractivity contribution in [3.8, 4) is 11.3 Å². The average Bonchev–Trinajstić information content (AvgIpc) is 3.22. The number of fused-ring (bicyclic) bond motifs is 2. The predicted molar refractivity (Wildman–Crippen MR) is 116 cm³/mol. The molecule has 0 radical (unpaired) electrons. The molecule has 0 unspecified atom stereocenters. The summed E-state index contributed by atoms with van der Waals surface area (Å²) in [5.41, 5.74) is 2.12. The summed E-state index contributed by atoms with van der Waals surface area (Å²) in [4.78, 5) is 38.8. The highest BCUT2D eigenvalue weighted by molar-refractivity contribution is 6.30. The van der Waals surface area contributed by atoms with E-state index in [1.165, 1.54) is 20.2 Å². The van der Waals surface area contributed by atoms with E-state index < -0.39 is 17.8 Å². The van der Waals surface area contributed by atoms with Gasteiger partial charge in [-0.1, -0.05) is 53.7 Å². The van der Waals surface area contributed by atoms with Crippen molar-refractivity contribution in [1.82, 2.24) is 15.0 Å². The van der Waals surface area contributed by atoms with Crippen molar-refractivity contribution in [2.45, 2.75) is 0 Å². The van der Waals surface area contributed by atoms with Crippen molar-refractivity contribution < 1.29 is 18.9 Å². The maximum absolute atomic E-state index is 12.5. The van der Waals surface area contributed by atoms with E-state index in [1.54, 1.807) is 12.1 Å².